The number of ether oxygens (including phenoxy) is 1. The molecule has 112 valence electrons. The summed E-state index contributed by atoms with van der Waals surface area (Å²) in [6.45, 7) is 10.1. The maximum atomic E-state index is 5.36. The van der Waals surface area contributed by atoms with Gasteiger partial charge in [0.1, 0.15) is 5.75 Å². The van der Waals surface area contributed by atoms with Crippen molar-refractivity contribution in [2.75, 3.05) is 31.6 Å². The van der Waals surface area contributed by atoms with Gasteiger partial charge in [0.25, 0.3) is 0 Å². The summed E-state index contributed by atoms with van der Waals surface area (Å²) in [5, 5.41) is 3.70. The van der Waals surface area contributed by atoms with Crippen LogP contribution in [0.5, 0.6) is 5.75 Å². The Morgan fingerprint density at radius 2 is 2.25 bits per heavy atom. The number of aryl methyl sites for hydroxylation is 1. The fourth-order valence-corrected chi connectivity index (χ4v) is 2.91. The molecule has 1 saturated heterocycles. The standard InChI is InChI=1S/C17H28N2O/c1-5-13(2)16-12-19(10-6-9-18-16)15-7-8-17(20-4)14(3)11-15/h7-8,11,13,16,18H,5-6,9-10,12H2,1-4H3. The van der Waals surface area contributed by atoms with Crippen LogP contribution in [0.3, 0.4) is 0 Å². The first-order valence-electron chi connectivity index (χ1n) is 7.78. The Hall–Kier alpha value is -1.22. The molecule has 1 heterocycles. The van der Waals surface area contributed by atoms with E-state index in [1.54, 1.807) is 7.11 Å². The van der Waals surface area contributed by atoms with Gasteiger partial charge in [-0.05, 0) is 49.6 Å². The van der Waals surface area contributed by atoms with Gasteiger partial charge in [-0.3, -0.25) is 0 Å². The number of nitrogens with one attached hydrogen (secondary N) is 1. The van der Waals surface area contributed by atoms with E-state index in [1.165, 1.54) is 24.1 Å². The summed E-state index contributed by atoms with van der Waals surface area (Å²) in [4.78, 5) is 2.52. The lowest BCUT2D eigenvalue weighted by atomic mass is 9.98. The normalized spacial score (nSPS) is 21.4. The first-order valence-corrected chi connectivity index (χ1v) is 7.78. The molecule has 3 heteroatoms. The van der Waals surface area contributed by atoms with E-state index in [0.29, 0.717) is 6.04 Å². The second kappa shape index (κ2) is 6.98. The van der Waals surface area contributed by atoms with Crippen molar-refractivity contribution in [1.82, 2.24) is 5.32 Å². The van der Waals surface area contributed by atoms with Crippen LogP contribution in [0.2, 0.25) is 0 Å². The van der Waals surface area contributed by atoms with Gasteiger partial charge in [0.2, 0.25) is 0 Å². The van der Waals surface area contributed by atoms with Crippen LogP contribution in [0, 0.1) is 12.8 Å². The van der Waals surface area contributed by atoms with Crippen LogP contribution in [-0.4, -0.2) is 32.8 Å². The molecule has 0 aromatic heterocycles. The van der Waals surface area contributed by atoms with Crippen LogP contribution in [0.1, 0.15) is 32.3 Å². The Bertz CT molecular complexity index is 433. The van der Waals surface area contributed by atoms with E-state index in [2.05, 4.69) is 49.2 Å². The molecule has 0 amide bonds. The monoisotopic (exact) mass is 276 g/mol. The number of benzene rings is 1. The fourth-order valence-electron chi connectivity index (χ4n) is 2.91. The molecule has 1 aromatic carbocycles. The molecule has 1 aliphatic rings. The second-order valence-corrected chi connectivity index (χ2v) is 5.90. The third-order valence-corrected chi connectivity index (χ3v) is 4.50. The Kier molecular flexibility index (Phi) is 5.30. The lowest BCUT2D eigenvalue weighted by Crippen LogP contribution is -2.42. The lowest BCUT2D eigenvalue weighted by Gasteiger charge is -2.30. The summed E-state index contributed by atoms with van der Waals surface area (Å²) in [6, 6.07) is 7.11. The van der Waals surface area contributed by atoms with Gasteiger partial charge in [-0.25, -0.2) is 0 Å². The number of hydrogen-bond donors (Lipinski definition) is 1. The topological polar surface area (TPSA) is 24.5 Å². The minimum atomic E-state index is 0.588. The molecule has 1 aliphatic heterocycles. The maximum absolute atomic E-state index is 5.36. The maximum Gasteiger partial charge on any atom is 0.121 e. The summed E-state index contributed by atoms with van der Waals surface area (Å²) in [7, 11) is 1.73. The van der Waals surface area contributed by atoms with Crippen molar-refractivity contribution < 1.29 is 4.74 Å². The van der Waals surface area contributed by atoms with E-state index in [-0.39, 0.29) is 0 Å². The zero-order valence-corrected chi connectivity index (χ0v) is 13.3. The molecule has 3 nitrogen and oxygen atoms in total. The number of hydrogen-bond acceptors (Lipinski definition) is 3. The van der Waals surface area contributed by atoms with Gasteiger partial charge in [0, 0.05) is 24.8 Å². The van der Waals surface area contributed by atoms with Crippen LogP contribution in [0.25, 0.3) is 0 Å². The van der Waals surface area contributed by atoms with Crippen molar-refractivity contribution in [3.8, 4) is 5.75 Å². The molecule has 2 unspecified atom stereocenters. The van der Waals surface area contributed by atoms with Crippen LogP contribution < -0.4 is 15.0 Å². The van der Waals surface area contributed by atoms with Crippen molar-refractivity contribution in [2.24, 2.45) is 5.92 Å². The lowest BCUT2D eigenvalue weighted by molar-refractivity contribution is 0.384. The minimum absolute atomic E-state index is 0.588. The van der Waals surface area contributed by atoms with E-state index in [1.807, 2.05) is 0 Å². The molecular formula is C17H28N2O. The van der Waals surface area contributed by atoms with Gasteiger partial charge < -0.3 is 15.0 Å². The van der Waals surface area contributed by atoms with Gasteiger partial charge in [-0.15, -0.1) is 0 Å². The SMILES string of the molecule is CCC(C)C1CN(c2ccc(OC)c(C)c2)CCCN1. The average Bonchev–Trinajstić information content (AvgIpc) is 2.72. The van der Waals surface area contributed by atoms with E-state index in [0.717, 1.165) is 31.3 Å². The summed E-state index contributed by atoms with van der Waals surface area (Å²) in [5.41, 5.74) is 2.53. The Morgan fingerprint density at radius 3 is 2.90 bits per heavy atom. The summed E-state index contributed by atoms with van der Waals surface area (Å²) in [6.07, 6.45) is 2.44. The molecule has 0 aliphatic carbocycles. The highest BCUT2D eigenvalue weighted by molar-refractivity contribution is 5.53. The molecule has 0 spiro atoms. The molecule has 0 bridgehead atoms. The molecule has 1 aromatic rings. The van der Waals surface area contributed by atoms with E-state index in [9.17, 15) is 0 Å². The minimum Gasteiger partial charge on any atom is -0.496 e. The van der Waals surface area contributed by atoms with Crippen molar-refractivity contribution in [2.45, 2.75) is 39.7 Å². The van der Waals surface area contributed by atoms with Crippen LogP contribution in [0.4, 0.5) is 5.69 Å². The van der Waals surface area contributed by atoms with Gasteiger partial charge in [0.05, 0.1) is 7.11 Å². The predicted octanol–water partition coefficient (Wildman–Crippen LogP) is 3.22. The molecule has 1 fully saturated rings. The van der Waals surface area contributed by atoms with Crippen molar-refractivity contribution >= 4 is 5.69 Å². The quantitative estimate of drug-likeness (QED) is 0.914. The molecule has 1 N–H and O–H groups in total. The third kappa shape index (κ3) is 3.45. The molecule has 2 rings (SSSR count). The fraction of sp³-hybridized carbons (Fsp3) is 0.647. The van der Waals surface area contributed by atoms with Crippen LogP contribution in [0.15, 0.2) is 18.2 Å². The first kappa shape index (κ1) is 15.2. The van der Waals surface area contributed by atoms with E-state index < -0.39 is 0 Å². The van der Waals surface area contributed by atoms with E-state index >= 15 is 0 Å². The Labute approximate surface area is 123 Å². The van der Waals surface area contributed by atoms with Crippen molar-refractivity contribution in [1.29, 1.82) is 0 Å². The second-order valence-electron chi connectivity index (χ2n) is 5.90. The summed E-state index contributed by atoms with van der Waals surface area (Å²) >= 11 is 0. The van der Waals surface area contributed by atoms with Gasteiger partial charge in [-0.2, -0.15) is 0 Å². The largest absolute Gasteiger partial charge is 0.496 e. The van der Waals surface area contributed by atoms with Crippen molar-refractivity contribution in [3.63, 3.8) is 0 Å². The first-order chi connectivity index (χ1) is 9.65. The zero-order chi connectivity index (χ0) is 14.5. The van der Waals surface area contributed by atoms with E-state index in [4.69, 9.17) is 4.74 Å². The summed E-state index contributed by atoms with van der Waals surface area (Å²) < 4.78 is 5.36. The molecule has 2 atom stereocenters. The molecule has 0 radical (unpaired) electrons. The molecule has 20 heavy (non-hydrogen) atoms. The van der Waals surface area contributed by atoms with Crippen LogP contribution >= 0.6 is 0 Å². The number of nitrogens with zero attached hydrogens (tertiary/aromatic N) is 1. The molecular weight excluding hydrogens is 248 g/mol. The number of anilines is 1. The van der Waals surface area contributed by atoms with Gasteiger partial charge >= 0.3 is 0 Å². The van der Waals surface area contributed by atoms with Gasteiger partial charge in [0.15, 0.2) is 0 Å². The molecule has 0 saturated carbocycles. The zero-order valence-electron chi connectivity index (χ0n) is 13.3. The Balaban J connectivity index is 2.15. The number of methoxy groups -OCH3 is 1. The number of rotatable bonds is 4. The highest BCUT2D eigenvalue weighted by Crippen LogP contribution is 2.26. The predicted molar refractivity (Wildman–Crippen MR) is 85.8 cm³/mol. The van der Waals surface area contributed by atoms with Gasteiger partial charge in [-0.1, -0.05) is 20.3 Å². The highest BCUT2D eigenvalue weighted by atomic mass is 16.5. The summed E-state index contributed by atoms with van der Waals surface area (Å²) in [5.74, 6) is 1.69. The van der Waals surface area contributed by atoms with Crippen LogP contribution in [-0.2, 0) is 0 Å². The average molecular weight is 276 g/mol. The Morgan fingerprint density at radius 1 is 1.45 bits per heavy atom. The van der Waals surface area contributed by atoms with Crippen molar-refractivity contribution in [3.05, 3.63) is 23.8 Å². The highest BCUT2D eigenvalue weighted by Gasteiger charge is 2.22. The smallest absolute Gasteiger partial charge is 0.121 e. The third-order valence-electron chi connectivity index (χ3n) is 4.50.